The van der Waals surface area contributed by atoms with Gasteiger partial charge < -0.3 is 18.9 Å². The van der Waals surface area contributed by atoms with Gasteiger partial charge in [-0.25, -0.2) is 0 Å². The fourth-order valence-corrected chi connectivity index (χ4v) is 2.81. The van der Waals surface area contributed by atoms with Gasteiger partial charge in [-0.1, -0.05) is 40.0 Å². The van der Waals surface area contributed by atoms with Crippen LogP contribution in [0.4, 0.5) is 4.53 Å². The van der Waals surface area contributed by atoms with Crippen LogP contribution in [0.1, 0.15) is 99.3 Å². The summed E-state index contributed by atoms with van der Waals surface area (Å²) in [6.07, 6.45) is 7.95. The summed E-state index contributed by atoms with van der Waals surface area (Å²) in [5.41, 5.74) is -0.418. The third-order valence-electron chi connectivity index (χ3n) is 4.24. The zero-order chi connectivity index (χ0) is 21.3. The van der Waals surface area contributed by atoms with Gasteiger partial charge in [0, 0.05) is 13.0 Å². The molecular formula is C22H45FO5. The summed E-state index contributed by atoms with van der Waals surface area (Å²) in [5.74, 6) is -1.11. The first-order valence-electron chi connectivity index (χ1n) is 11.2. The van der Waals surface area contributed by atoms with Gasteiger partial charge in [0.25, 0.3) is 5.97 Å². The van der Waals surface area contributed by atoms with Crippen LogP contribution in [0.15, 0.2) is 0 Å². The van der Waals surface area contributed by atoms with Crippen molar-refractivity contribution in [3.8, 4) is 0 Å². The Kier molecular flexibility index (Phi) is 16.4. The predicted molar refractivity (Wildman–Crippen MR) is 111 cm³/mol. The summed E-state index contributed by atoms with van der Waals surface area (Å²) in [7, 11) is 0. The molecular weight excluding hydrogens is 363 g/mol. The highest BCUT2D eigenvalue weighted by Crippen LogP contribution is 2.30. The van der Waals surface area contributed by atoms with Crippen LogP contribution in [0.25, 0.3) is 0 Å². The van der Waals surface area contributed by atoms with Gasteiger partial charge >= 0.3 is 0 Å². The molecule has 0 bridgehead atoms. The standard InChI is InChI=1S/C22H45FO5/c1-7-10-13-17-25-22(28-21(4,5)6,15-12-11-14-18-27-23)26-19-20(9-3)24-16-8-2/h20H,7-19H2,1-6H3. The monoisotopic (exact) mass is 408 g/mol. The lowest BCUT2D eigenvalue weighted by Crippen LogP contribution is -2.46. The van der Waals surface area contributed by atoms with Crippen molar-refractivity contribution in [1.82, 2.24) is 0 Å². The van der Waals surface area contributed by atoms with Crippen molar-refractivity contribution in [3.63, 3.8) is 0 Å². The Bertz CT molecular complexity index is 348. The van der Waals surface area contributed by atoms with E-state index in [0.717, 1.165) is 51.6 Å². The molecule has 0 aliphatic rings. The van der Waals surface area contributed by atoms with Crippen LogP contribution < -0.4 is 0 Å². The second-order valence-corrected chi connectivity index (χ2v) is 8.29. The molecule has 0 N–H and O–H groups in total. The minimum Gasteiger partial charge on any atom is -0.376 e. The third kappa shape index (κ3) is 14.7. The molecule has 0 heterocycles. The summed E-state index contributed by atoms with van der Waals surface area (Å²) in [4.78, 5) is 3.67. The van der Waals surface area contributed by atoms with E-state index < -0.39 is 11.6 Å². The van der Waals surface area contributed by atoms with Crippen molar-refractivity contribution < 1.29 is 28.4 Å². The van der Waals surface area contributed by atoms with E-state index in [1.807, 2.05) is 20.8 Å². The molecule has 0 aliphatic heterocycles. The van der Waals surface area contributed by atoms with E-state index in [2.05, 4.69) is 25.7 Å². The number of ether oxygens (including phenoxy) is 4. The molecule has 6 heteroatoms. The lowest BCUT2D eigenvalue weighted by Gasteiger charge is -2.39. The zero-order valence-corrected chi connectivity index (χ0v) is 19.2. The molecule has 0 amide bonds. The van der Waals surface area contributed by atoms with Gasteiger partial charge in [0.05, 0.1) is 31.5 Å². The molecule has 0 saturated carbocycles. The predicted octanol–water partition coefficient (Wildman–Crippen LogP) is 6.35. The Morgan fingerprint density at radius 2 is 1.50 bits per heavy atom. The van der Waals surface area contributed by atoms with Crippen LogP contribution in [0, 0.1) is 0 Å². The molecule has 28 heavy (non-hydrogen) atoms. The highest BCUT2D eigenvalue weighted by Gasteiger charge is 2.38. The van der Waals surface area contributed by atoms with E-state index in [0.29, 0.717) is 26.1 Å². The van der Waals surface area contributed by atoms with Crippen molar-refractivity contribution >= 4 is 0 Å². The minimum absolute atomic E-state index is 0.0158. The molecule has 0 aliphatic carbocycles. The van der Waals surface area contributed by atoms with E-state index in [1.54, 1.807) is 0 Å². The highest BCUT2D eigenvalue weighted by atomic mass is 19.3. The molecule has 0 fully saturated rings. The van der Waals surface area contributed by atoms with Gasteiger partial charge in [-0.3, -0.25) is 0 Å². The van der Waals surface area contributed by atoms with E-state index in [4.69, 9.17) is 18.9 Å². The molecule has 2 unspecified atom stereocenters. The summed E-state index contributed by atoms with van der Waals surface area (Å²) in [6.45, 7) is 14.2. The summed E-state index contributed by atoms with van der Waals surface area (Å²) >= 11 is 0. The van der Waals surface area contributed by atoms with Crippen LogP contribution in [0.3, 0.4) is 0 Å². The quantitative estimate of drug-likeness (QED) is 0.184. The number of halogens is 1. The van der Waals surface area contributed by atoms with Gasteiger partial charge in [-0.05, 0) is 57.4 Å². The first-order chi connectivity index (χ1) is 13.3. The highest BCUT2D eigenvalue weighted by molar-refractivity contribution is 4.69. The van der Waals surface area contributed by atoms with Crippen LogP contribution in [0.5, 0.6) is 0 Å². The Balaban J connectivity index is 5.06. The maximum atomic E-state index is 11.9. The Hall–Kier alpha value is -0.270. The van der Waals surface area contributed by atoms with E-state index in [1.165, 1.54) is 0 Å². The average molecular weight is 409 g/mol. The van der Waals surface area contributed by atoms with Gasteiger partial charge in [-0.15, -0.1) is 0 Å². The molecule has 0 saturated heterocycles. The molecule has 2 atom stereocenters. The zero-order valence-electron chi connectivity index (χ0n) is 19.2. The van der Waals surface area contributed by atoms with Gasteiger partial charge in [0.2, 0.25) is 0 Å². The lowest BCUT2D eigenvalue weighted by molar-refractivity contribution is -0.412. The first-order valence-corrected chi connectivity index (χ1v) is 11.2. The number of hydrogen-bond acceptors (Lipinski definition) is 5. The molecule has 0 spiro atoms. The smallest absolute Gasteiger partial charge is 0.283 e. The van der Waals surface area contributed by atoms with Crippen molar-refractivity contribution in [2.75, 3.05) is 26.4 Å². The molecule has 0 radical (unpaired) electrons. The maximum absolute atomic E-state index is 11.9. The van der Waals surface area contributed by atoms with Crippen LogP contribution in [0.2, 0.25) is 0 Å². The molecule has 0 aromatic carbocycles. The molecule has 0 rings (SSSR count). The first kappa shape index (κ1) is 27.7. The van der Waals surface area contributed by atoms with Crippen LogP contribution in [-0.4, -0.2) is 44.1 Å². The Labute approximate surface area is 172 Å². The van der Waals surface area contributed by atoms with Gasteiger partial charge in [-0.2, -0.15) is 4.94 Å². The lowest BCUT2D eigenvalue weighted by atomic mass is 10.1. The third-order valence-corrected chi connectivity index (χ3v) is 4.24. The second kappa shape index (κ2) is 16.5. The summed E-state index contributed by atoms with van der Waals surface area (Å²) in [6, 6.07) is 0. The van der Waals surface area contributed by atoms with Crippen LogP contribution in [-0.2, 0) is 23.9 Å². The van der Waals surface area contributed by atoms with Crippen molar-refractivity contribution in [3.05, 3.63) is 0 Å². The average Bonchev–Trinajstić information content (AvgIpc) is 2.64. The van der Waals surface area contributed by atoms with Crippen LogP contribution >= 0.6 is 0 Å². The fraction of sp³-hybridized carbons (Fsp3) is 1.00. The topological polar surface area (TPSA) is 46.2 Å². The SMILES string of the molecule is CCCCCOC(CCCCCOF)(OCC(CC)OCCC)OC(C)(C)C. The Morgan fingerprint density at radius 1 is 0.786 bits per heavy atom. The summed E-state index contributed by atoms with van der Waals surface area (Å²) in [5, 5.41) is 0. The van der Waals surface area contributed by atoms with Gasteiger partial charge in [0.15, 0.2) is 0 Å². The molecule has 0 aromatic heterocycles. The maximum Gasteiger partial charge on any atom is 0.283 e. The molecule has 5 nitrogen and oxygen atoms in total. The number of rotatable bonds is 19. The number of hydrogen-bond donors (Lipinski definition) is 0. The fourth-order valence-electron chi connectivity index (χ4n) is 2.81. The Morgan fingerprint density at radius 3 is 2.07 bits per heavy atom. The van der Waals surface area contributed by atoms with Crippen molar-refractivity contribution in [2.24, 2.45) is 0 Å². The second-order valence-electron chi connectivity index (χ2n) is 8.29. The van der Waals surface area contributed by atoms with Crippen molar-refractivity contribution in [1.29, 1.82) is 0 Å². The number of unbranched alkanes of at least 4 members (excludes halogenated alkanes) is 4. The van der Waals surface area contributed by atoms with E-state index in [-0.39, 0.29) is 12.7 Å². The molecule has 0 aromatic rings. The van der Waals surface area contributed by atoms with E-state index in [9.17, 15) is 4.53 Å². The van der Waals surface area contributed by atoms with Gasteiger partial charge in [0.1, 0.15) is 0 Å². The van der Waals surface area contributed by atoms with E-state index >= 15 is 0 Å². The normalized spacial score (nSPS) is 15.5. The largest absolute Gasteiger partial charge is 0.376 e. The van der Waals surface area contributed by atoms with Crippen molar-refractivity contribution in [2.45, 2.75) is 117 Å². The molecule has 170 valence electrons. The summed E-state index contributed by atoms with van der Waals surface area (Å²) < 4.78 is 36.5. The minimum atomic E-state index is -1.11.